The molecule has 0 atom stereocenters. The summed E-state index contributed by atoms with van der Waals surface area (Å²) >= 11 is 0. The van der Waals surface area contributed by atoms with Crippen LogP contribution in [0.15, 0.2) is 48.5 Å². The summed E-state index contributed by atoms with van der Waals surface area (Å²) in [6.07, 6.45) is 5.04. The van der Waals surface area contributed by atoms with Gasteiger partial charge in [-0.2, -0.15) is 4.31 Å². The first kappa shape index (κ1) is 23.9. The van der Waals surface area contributed by atoms with Crippen LogP contribution in [0.5, 0.6) is 0 Å². The monoisotopic (exact) mass is 461 g/mol. The Labute approximate surface area is 188 Å². The maximum absolute atomic E-state index is 14.0. The molecule has 2 amide bonds. The molecule has 172 valence electrons. The van der Waals surface area contributed by atoms with Crippen LogP contribution >= 0.6 is 0 Å². The molecule has 2 aromatic rings. The molecular formula is C23H28FN3O4S. The summed E-state index contributed by atoms with van der Waals surface area (Å²) in [4.78, 5) is 27.5. The quantitative estimate of drug-likeness (QED) is 0.686. The molecule has 1 aliphatic rings. The smallest absolute Gasteiger partial charge is 0.255 e. The minimum Gasteiger partial charge on any atom is -0.339 e. The number of likely N-dealkylation sites (tertiary alicyclic amines) is 1. The fraction of sp³-hybridized carbons (Fsp3) is 0.391. The van der Waals surface area contributed by atoms with Crippen LogP contribution in [0, 0.1) is 5.82 Å². The maximum Gasteiger partial charge on any atom is 0.255 e. The standard InChI is InChI=1S/C23H28FN3O4S/c1-32(30,31)27(16-18-10-4-6-12-20(18)24)17-22(28)25-21-13-7-5-11-19(21)23(29)26-14-8-2-3-9-15-26/h4-7,10-13H,2-3,8-9,14-17H2,1H3,(H,25,28). The van der Waals surface area contributed by atoms with Crippen LogP contribution in [0.1, 0.15) is 41.6 Å². The first-order valence-corrected chi connectivity index (χ1v) is 12.5. The number of nitrogens with zero attached hydrogens (tertiary/aromatic N) is 2. The molecule has 0 radical (unpaired) electrons. The zero-order valence-corrected chi connectivity index (χ0v) is 18.9. The SMILES string of the molecule is CS(=O)(=O)N(CC(=O)Nc1ccccc1C(=O)N1CCCCCC1)Cc1ccccc1F. The molecule has 9 heteroatoms. The molecular weight excluding hydrogens is 433 g/mol. The highest BCUT2D eigenvalue weighted by molar-refractivity contribution is 7.88. The lowest BCUT2D eigenvalue weighted by Crippen LogP contribution is -2.37. The largest absolute Gasteiger partial charge is 0.339 e. The number of sulfonamides is 1. The number of anilines is 1. The van der Waals surface area contributed by atoms with E-state index in [1.165, 1.54) is 18.2 Å². The van der Waals surface area contributed by atoms with Gasteiger partial charge in [0.2, 0.25) is 15.9 Å². The van der Waals surface area contributed by atoms with Crippen LogP contribution in [0.25, 0.3) is 0 Å². The third-order valence-electron chi connectivity index (χ3n) is 5.42. The van der Waals surface area contributed by atoms with Gasteiger partial charge in [0, 0.05) is 25.2 Å². The topological polar surface area (TPSA) is 86.8 Å². The van der Waals surface area contributed by atoms with E-state index < -0.39 is 28.3 Å². The number of benzene rings is 2. The third kappa shape index (κ3) is 6.37. The molecule has 0 spiro atoms. The van der Waals surface area contributed by atoms with E-state index in [9.17, 15) is 22.4 Å². The lowest BCUT2D eigenvalue weighted by molar-refractivity contribution is -0.116. The van der Waals surface area contributed by atoms with E-state index in [1.807, 2.05) is 0 Å². The summed E-state index contributed by atoms with van der Waals surface area (Å²) in [5.41, 5.74) is 0.858. The molecule has 3 rings (SSSR count). The van der Waals surface area contributed by atoms with E-state index in [1.54, 1.807) is 35.2 Å². The van der Waals surface area contributed by atoms with Crippen molar-refractivity contribution in [3.63, 3.8) is 0 Å². The second-order valence-corrected chi connectivity index (χ2v) is 9.91. The summed E-state index contributed by atoms with van der Waals surface area (Å²) in [5.74, 6) is -1.31. The number of para-hydroxylation sites is 1. The van der Waals surface area contributed by atoms with E-state index in [2.05, 4.69) is 5.32 Å². The number of amides is 2. The van der Waals surface area contributed by atoms with E-state index in [4.69, 9.17) is 0 Å². The summed E-state index contributed by atoms with van der Waals surface area (Å²) in [5, 5.41) is 2.66. The zero-order valence-electron chi connectivity index (χ0n) is 18.1. The molecule has 0 saturated carbocycles. The summed E-state index contributed by atoms with van der Waals surface area (Å²) < 4.78 is 39.3. The van der Waals surface area contributed by atoms with Crippen molar-refractivity contribution >= 4 is 27.5 Å². The lowest BCUT2D eigenvalue weighted by atomic mass is 10.1. The second kappa shape index (κ2) is 10.7. The molecule has 1 heterocycles. The van der Waals surface area contributed by atoms with Gasteiger partial charge < -0.3 is 10.2 Å². The molecule has 7 nitrogen and oxygen atoms in total. The highest BCUT2D eigenvalue weighted by Gasteiger charge is 2.24. The van der Waals surface area contributed by atoms with Gasteiger partial charge in [-0.25, -0.2) is 12.8 Å². The van der Waals surface area contributed by atoms with E-state index in [0.29, 0.717) is 24.3 Å². The number of carbonyl (C=O) groups excluding carboxylic acids is 2. The number of hydrogen-bond donors (Lipinski definition) is 1. The summed E-state index contributed by atoms with van der Waals surface area (Å²) in [6.45, 7) is 0.573. The van der Waals surface area contributed by atoms with Crippen LogP contribution < -0.4 is 5.32 Å². The number of nitrogens with one attached hydrogen (secondary N) is 1. The molecule has 32 heavy (non-hydrogen) atoms. The van der Waals surface area contributed by atoms with Crippen LogP contribution in [-0.4, -0.2) is 55.3 Å². The minimum atomic E-state index is -3.78. The van der Waals surface area contributed by atoms with Gasteiger partial charge in [-0.3, -0.25) is 9.59 Å². The van der Waals surface area contributed by atoms with Gasteiger partial charge in [-0.1, -0.05) is 43.2 Å². The molecule has 0 bridgehead atoms. The Bertz CT molecular complexity index is 1070. The van der Waals surface area contributed by atoms with Gasteiger partial charge in [0.25, 0.3) is 5.91 Å². The van der Waals surface area contributed by atoms with E-state index in [-0.39, 0.29) is 18.0 Å². The molecule has 1 aliphatic heterocycles. The second-order valence-electron chi connectivity index (χ2n) is 7.92. The average Bonchev–Trinajstić information content (AvgIpc) is 3.03. The average molecular weight is 462 g/mol. The van der Waals surface area contributed by atoms with Crippen molar-refractivity contribution < 1.29 is 22.4 Å². The molecule has 2 aromatic carbocycles. The third-order valence-corrected chi connectivity index (χ3v) is 6.61. The van der Waals surface area contributed by atoms with Gasteiger partial charge in [0.05, 0.1) is 24.1 Å². The van der Waals surface area contributed by atoms with Gasteiger partial charge in [-0.15, -0.1) is 0 Å². The lowest BCUT2D eigenvalue weighted by Gasteiger charge is -2.23. The number of carbonyl (C=O) groups is 2. The van der Waals surface area contributed by atoms with Gasteiger partial charge in [0.15, 0.2) is 0 Å². The fourth-order valence-corrected chi connectivity index (χ4v) is 4.41. The summed E-state index contributed by atoms with van der Waals surface area (Å²) in [7, 11) is -3.78. The number of rotatable bonds is 7. The first-order valence-electron chi connectivity index (χ1n) is 10.6. The Kier molecular flexibility index (Phi) is 7.98. The van der Waals surface area contributed by atoms with Crippen molar-refractivity contribution in [2.24, 2.45) is 0 Å². The van der Waals surface area contributed by atoms with Crippen molar-refractivity contribution in [3.05, 3.63) is 65.5 Å². The fourth-order valence-electron chi connectivity index (χ4n) is 3.68. The Balaban J connectivity index is 1.74. The van der Waals surface area contributed by atoms with E-state index >= 15 is 0 Å². The Hall–Kier alpha value is -2.78. The Morgan fingerprint density at radius 1 is 1.00 bits per heavy atom. The van der Waals surface area contributed by atoms with E-state index in [0.717, 1.165) is 36.2 Å². The molecule has 1 N–H and O–H groups in total. The Morgan fingerprint density at radius 2 is 1.62 bits per heavy atom. The number of hydrogen-bond acceptors (Lipinski definition) is 4. The predicted octanol–water partition coefficient (Wildman–Crippen LogP) is 3.24. The van der Waals surface area contributed by atoms with Crippen LogP contribution in [0.2, 0.25) is 0 Å². The normalized spacial score (nSPS) is 14.8. The molecule has 1 saturated heterocycles. The first-order chi connectivity index (χ1) is 15.3. The highest BCUT2D eigenvalue weighted by Crippen LogP contribution is 2.20. The highest BCUT2D eigenvalue weighted by atomic mass is 32.2. The predicted molar refractivity (Wildman–Crippen MR) is 121 cm³/mol. The molecule has 1 fully saturated rings. The zero-order chi connectivity index (χ0) is 23.1. The molecule has 0 unspecified atom stereocenters. The molecule has 0 aliphatic carbocycles. The van der Waals surface area contributed by atoms with Crippen molar-refractivity contribution in [1.29, 1.82) is 0 Å². The van der Waals surface area contributed by atoms with Gasteiger partial charge >= 0.3 is 0 Å². The van der Waals surface area contributed by atoms with Crippen molar-refractivity contribution in [2.45, 2.75) is 32.2 Å². The van der Waals surface area contributed by atoms with Crippen LogP contribution in [0.4, 0.5) is 10.1 Å². The Morgan fingerprint density at radius 3 is 2.28 bits per heavy atom. The van der Waals surface area contributed by atoms with Crippen molar-refractivity contribution in [3.8, 4) is 0 Å². The van der Waals surface area contributed by atoms with Gasteiger partial charge in [-0.05, 0) is 31.0 Å². The van der Waals surface area contributed by atoms with Crippen LogP contribution in [0.3, 0.4) is 0 Å². The maximum atomic E-state index is 14.0. The van der Waals surface area contributed by atoms with Gasteiger partial charge in [0.1, 0.15) is 5.82 Å². The van der Waals surface area contributed by atoms with Crippen molar-refractivity contribution in [1.82, 2.24) is 9.21 Å². The number of halogens is 1. The summed E-state index contributed by atoms with van der Waals surface area (Å²) in [6, 6.07) is 12.5. The van der Waals surface area contributed by atoms with Crippen molar-refractivity contribution in [2.75, 3.05) is 31.2 Å². The molecule has 0 aromatic heterocycles. The van der Waals surface area contributed by atoms with Crippen LogP contribution in [-0.2, 0) is 21.4 Å². The minimum absolute atomic E-state index is 0.158.